The number of nitrogens with zero attached hydrogens (tertiary/aromatic N) is 4. The molecule has 0 unspecified atom stereocenters. The van der Waals surface area contributed by atoms with Crippen molar-refractivity contribution < 1.29 is 5.11 Å². The third-order valence-corrected chi connectivity index (χ3v) is 4.51. The topological polar surface area (TPSA) is 89.9 Å². The summed E-state index contributed by atoms with van der Waals surface area (Å²) in [6.07, 6.45) is 5.53. The van der Waals surface area contributed by atoms with Crippen molar-refractivity contribution in [1.29, 1.82) is 0 Å². The van der Waals surface area contributed by atoms with Crippen LogP contribution in [0.2, 0.25) is 0 Å². The molecule has 94 valence electrons. The van der Waals surface area contributed by atoms with Gasteiger partial charge in [-0.15, -0.1) is 0 Å². The average molecular weight is 245 g/mol. The molecule has 2 fully saturated rings. The van der Waals surface area contributed by atoms with Gasteiger partial charge in [0, 0.05) is 12.6 Å². The van der Waals surface area contributed by atoms with Crippen LogP contribution in [-0.2, 0) is 0 Å². The molecule has 2 aromatic heterocycles. The molecule has 2 aliphatic carbocycles. The van der Waals surface area contributed by atoms with Crippen LogP contribution in [0.15, 0.2) is 12.7 Å². The Morgan fingerprint density at radius 1 is 1.28 bits per heavy atom. The molecule has 18 heavy (non-hydrogen) atoms. The highest BCUT2D eigenvalue weighted by Gasteiger charge is 2.54. The number of anilines is 1. The standard InChI is InChI=1S/C12H15N5O/c13-11-10-12(15-4-14-11)17(5-16-10)9-1-6(3-18)7-2-8(7)9/h4-9,18H,1-3H2,(H2,13,14,15)/t6-,7-,8-,9-/m1/s1. The highest BCUT2D eigenvalue weighted by Crippen LogP contribution is 2.60. The second kappa shape index (κ2) is 3.41. The molecule has 6 heteroatoms. The molecule has 0 aromatic carbocycles. The first-order valence-corrected chi connectivity index (χ1v) is 6.33. The zero-order valence-corrected chi connectivity index (χ0v) is 9.90. The fourth-order valence-corrected chi connectivity index (χ4v) is 3.52. The summed E-state index contributed by atoms with van der Waals surface area (Å²) in [4.78, 5) is 12.6. The molecule has 0 radical (unpaired) electrons. The van der Waals surface area contributed by atoms with E-state index in [1.54, 1.807) is 0 Å². The van der Waals surface area contributed by atoms with Crippen molar-refractivity contribution in [3.8, 4) is 0 Å². The number of imidazole rings is 1. The van der Waals surface area contributed by atoms with E-state index in [-0.39, 0.29) is 0 Å². The molecule has 0 bridgehead atoms. The Kier molecular flexibility index (Phi) is 1.94. The maximum atomic E-state index is 9.37. The van der Waals surface area contributed by atoms with Crippen LogP contribution in [0.4, 0.5) is 5.82 Å². The summed E-state index contributed by atoms with van der Waals surface area (Å²) in [7, 11) is 0. The van der Waals surface area contributed by atoms with Crippen molar-refractivity contribution in [2.24, 2.45) is 17.8 Å². The van der Waals surface area contributed by atoms with Crippen molar-refractivity contribution >= 4 is 17.0 Å². The van der Waals surface area contributed by atoms with E-state index >= 15 is 0 Å². The number of nitrogen functional groups attached to an aromatic ring is 1. The van der Waals surface area contributed by atoms with Crippen molar-refractivity contribution in [2.75, 3.05) is 12.3 Å². The fraction of sp³-hybridized carbons (Fsp3) is 0.583. The highest BCUT2D eigenvalue weighted by atomic mass is 16.3. The molecule has 6 nitrogen and oxygen atoms in total. The molecule has 3 N–H and O–H groups in total. The number of nitrogens with two attached hydrogens (primary N) is 1. The van der Waals surface area contributed by atoms with E-state index in [9.17, 15) is 5.11 Å². The van der Waals surface area contributed by atoms with Crippen molar-refractivity contribution in [3.05, 3.63) is 12.7 Å². The monoisotopic (exact) mass is 245 g/mol. The van der Waals surface area contributed by atoms with Gasteiger partial charge in [0.15, 0.2) is 11.5 Å². The number of hydrogen-bond donors (Lipinski definition) is 2. The number of fused-ring (bicyclic) bond motifs is 2. The normalized spacial score (nSPS) is 33.8. The van der Waals surface area contributed by atoms with E-state index in [0.717, 1.165) is 12.1 Å². The molecule has 2 heterocycles. The predicted octanol–water partition coefficient (Wildman–Crippen LogP) is 0.598. The second-order valence-electron chi connectivity index (χ2n) is 5.39. The molecular formula is C12H15N5O. The van der Waals surface area contributed by atoms with Gasteiger partial charge in [-0.3, -0.25) is 0 Å². The molecule has 4 rings (SSSR count). The van der Waals surface area contributed by atoms with Gasteiger partial charge in [0.1, 0.15) is 11.8 Å². The van der Waals surface area contributed by atoms with Crippen molar-refractivity contribution in [3.63, 3.8) is 0 Å². The van der Waals surface area contributed by atoms with Gasteiger partial charge in [0.25, 0.3) is 0 Å². The SMILES string of the molecule is Nc1ncnc2c1ncn2[C@@H]1C[C@H](CO)[C@H]2C[C@H]21. The van der Waals surface area contributed by atoms with Gasteiger partial charge in [-0.1, -0.05) is 0 Å². The van der Waals surface area contributed by atoms with Crippen LogP contribution < -0.4 is 5.73 Å². The summed E-state index contributed by atoms with van der Waals surface area (Å²) in [6, 6.07) is 0.409. The summed E-state index contributed by atoms with van der Waals surface area (Å²) in [5.41, 5.74) is 7.30. The molecule has 0 aliphatic heterocycles. The van der Waals surface area contributed by atoms with E-state index in [1.165, 1.54) is 12.7 Å². The maximum Gasteiger partial charge on any atom is 0.165 e. The Bertz CT molecular complexity index is 610. The number of aromatic nitrogens is 4. The van der Waals surface area contributed by atoms with E-state index in [0.29, 0.717) is 41.7 Å². The van der Waals surface area contributed by atoms with Gasteiger partial charge in [-0.25, -0.2) is 15.0 Å². The van der Waals surface area contributed by atoms with Crippen molar-refractivity contribution in [2.45, 2.75) is 18.9 Å². The summed E-state index contributed by atoms with van der Waals surface area (Å²) in [5.74, 6) is 2.24. The summed E-state index contributed by atoms with van der Waals surface area (Å²) < 4.78 is 2.12. The number of aliphatic hydroxyl groups is 1. The van der Waals surface area contributed by atoms with Crippen molar-refractivity contribution in [1.82, 2.24) is 19.5 Å². The third kappa shape index (κ3) is 1.23. The Labute approximate surface area is 104 Å². The molecule has 2 saturated carbocycles. The maximum absolute atomic E-state index is 9.37. The molecule has 2 aliphatic rings. The van der Waals surface area contributed by atoms with Crippen LogP contribution in [0, 0.1) is 17.8 Å². The van der Waals surface area contributed by atoms with Gasteiger partial charge in [-0.2, -0.15) is 0 Å². The first kappa shape index (κ1) is 10.3. The first-order chi connectivity index (χ1) is 8.79. The third-order valence-electron chi connectivity index (χ3n) is 4.51. The van der Waals surface area contributed by atoms with E-state index in [1.807, 2.05) is 6.33 Å². The van der Waals surface area contributed by atoms with Crippen LogP contribution in [-0.4, -0.2) is 31.2 Å². The Morgan fingerprint density at radius 3 is 2.94 bits per heavy atom. The lowest BCUT2D eigenvalue weighted by atomic mass is 10.0. The minimum Gasteiger partial charge on any atom is -0.396 e. The van der Waals surface area contributed by atoms with Gasteiger partial charge in [-0.05, 0) is 30.6 Å². The number of rotatable bonds is 2. The minimum absolute atomic E-state index is 0.293. The van der Waals surface area contributed by atoms with Gasteiger partial charge >= 0.3 is 0 Å². The molecule has 0 amide bonds. The fourth-order valence-electron chi connectivity index (χ4n) is 3.52. The zero-order valence-electron chi connectivity index (χ0n) is 9.90. The smallest absolute Gasteiger partial charge is 0.165 e. The average Bonchev–Trinajstić information content (AvgIpc) is 2.91. The van der Waals surface area contributed by atoms with Crippen LogP contribution in [0.5, 0.6) is 0 Å². The van der Waals surface area contributed by atoms with Crippen LogP contribution in [0.1, 0.15) is 18.9 Å². The predicted molar refractivity (Wildman–Crippen MR) is 65.6 cm³/mol. The van der Waals surface area contributed by atoms with Crippen LogP contribution in [0.3, 0.4) is 0 Å². The van der Waals surface area contributed by atoms with Gasteiger partial charge in [0.2, 0.25) is 0 Å². The van der Waals surface area contributed by atoms with Gasteiger partial charge in [0.05, 0.1) is 6.33 Å². The minimum atomic E-state index is 0.293. The van der Waals surface area contributed by atoms with Gasteiger partial charge < -0.3 is 15.4 Å². The molecular weight excluding hydrogens is 230 g/mol. The summed E-state index contributed by atoms with van der Waals surface area (Å²) in [5, 5.41) is 9.37. The number of hydrogen-bond acceptors (Lipinski definition) is 5. The summed E-state index contributed by atoms with van der Waals surface area (Å²) in [6.45, 7) is 0.293. The Balaban J connectivity index is 1.78. The van der Waals surface area contributed by atoms with Crippen LogP contribution in [0.25, 0.3) is 11.2 Å². The van der Waals surface area contributed by atoms with Crippen LogP contribution >= 0.6 is 0 Å². The highest BCUT2D eigenvalue weighted by molar-refractivity contribution is 5.81. The zero-order chi connectivity index (χ0) is 12.3. The molecule has 2 aromatic rings. The lowest BCUT2D eigenvalue weighted by Gasteiger charge is -2.16. The quantitative estimate of drug-likeness (QED) is 0.808. The molecule has 0 saturated heterocycles. The van der Waals surface area contributed by atoms with E-state index < -0.39 is 0 Å². The summed E-state index contributed by atoms with van der Waals surface area (Å²) >= 11 is 0. The van der Waals surface area contributed by atoms with E-state index in [4.69, 9.17) is 5.73 Å². The number of aliphatic hydroxyl groups excluding tert-OH is 1. The second-order valence-corrected chi connectivity index (χ2v) is 5.39. The largest absolute Gasteiger partial charge is 0.396 e. The Morgan fingerprint density at radius 2 is 2.17 bits per heavy atom. The molecule has 0 spiro atoms. The lowest BCUT2D eigenvalue weighted by Crippen LogP contribution is -2.12. The van der Waals surface area contributed by atoms with E-state index in [2.05, 4.69) is 19.5 Å². The Hall–Kier alpha value is -1.69. The lowest BCUT2D eigenvalue weighted by molar-refractivity contribution is 0.208. The molecule has 4 atom stereocenters. The first-order valence-electron chi connectivity index (χ1n) is 6.33.